The first-order valence-electron chi connectivity index (χ1n) is 6.55. The number of para-hydroxylation sites is 1. The fourth-order valence-electron chi connectivity index (χ4n) is 2.03. The fraction of sp³-hybridized carbons (Fsp3) is 0.125. The average molecular weight is 301 g/mol. The number of aryl methyl sites for hydroxylation is 1. The smallest absolute Gasteiger partial charge is 0.221 e. The monoisotopic (exact) mass is 300 g/mol. The number of aromatic nitrogens is 2. The molecule has 0 amide bonds. The van der Waals surface area contributed by atoms with Crippen LogP contribution in [0.1, 0.15) is 16.1 Å². The third-order valence-electron chi connectivity index (χ3n) is 3.06. The molecular formula is C16H13ClN2O2. The third kappa shape index (κ3) is 3.06. The number of hydrogen-bond acceptors (Lipinski definition) is 3. The van der Waals surface area contributed by atoms with Gasteiger partial charge in [-0.2, -0.15) is 5.10 Å². The summed E-state index contributed by atoms with van der Waals surface area (Å²) in [4.78, 5) is 12.1. The van der Waals surface area contributed by atoms with Crippen LogP contribution in [0.25, 0.3) is 17.0 Å². The third-order valence-corrected chi connectivity index (χ3v) is 3.23. The van der Waals surface area contributed by atoms with E-state index in [1.165, 1.54) is 6.08 Å². The molecule has 21 heavy (non-hydrogen) atoms. The molecule has 0 aliphatic rings. The van der Waals surface area contributed by atoms with Crippen LogP contribution in [-0.2, 0) is 6.54 Å². The molecule has 0 N–H and O–H groups in total. The van der Waals surface area contributed by atoms with E-state index >= 15 is 0 Å². The Balaban J connectivity index is 1.76. The van der Waals surface area contributed by atoms with E-state index in [0.717, 1.165) is 10.9 Å². The van der Waals surface area contributed by atoms with Crippen molar-refractivity contribution in [1.29, 1.82) is 0 Å². The number of fused-ring (bicyclic) bond motifs is 1. The van der Waals surface area contributed by atoms with Crippen molar-refractivity contribution in [2.24, 2.45) is 0 Å². The zero-order valence-electron chi connectivity index (χ0n) is 11.2. The van der Waals surface area contributed by atoms with E-state index in [2.05, 4.69) is 5.10 Å². The lowest BCUT2D eigenvalue weighted by molar-refractivity contribution is 0.102. The van der Waals surface area contributed by atoms with Gasteiger partial charge in [0.1, 0.15) is 5.58 Å². The number of rotatable bonds is 5. The molecule has 4 nitrogen and oxygen atoms in total. The lowest BCUT2D eigenvalue weighted by atomic mass is 10.2. The molecule has 0 fully saturated rings. The molecule has 3 rings (SSSR count). The van der Waals surface area contributed by atoms with Crippen LogP contribution in [0.3, 0.4) is 0 Å². The topological polar surface area (TPSA) is 48.0 Å². The van der Waals surface area contributed by atoms with Gasteiger partial charge in [0.25, 0.3) is 0 Å². The van der Waals surface area contributed by atoms with E-state index in [4.69, 9.17) is 16.0 Å². The highest BCUT2D eigenvalue weighted by Gasteiger charge is 2.09. The van der Waals surface area contributed by atoms with Gasteiger partial charge in [-0.25, -0.2) is 0 Å². The normalized spacial score (nSPS) is 11.5. The van der Waals surface area contributed by atoms with Gasteiger partial charge in [-0.1, -0.05) is 18.2 Å². The summed E-state index contributed by atoms with van der Waals surface area (Å²) in [5.41, 5.74) is 1.56. The second kappa shape index (κ2) is 5.97. The van der Waals surface area contributed by atoms with Gasteiger partial charge < -0.3 is 4.42 Å². The van der Waals surface area contributed by atoms with Crippen molar-refractivity contribution < 1.29 is 9.21 Å². The van der Waals surface area contributed by atoms with Crippen molar-refractivity contribution in [2.75, 3.05) is 5.88 Å². The summed E-state index contributed by atoms with van der Waals surface area (Å²) in [6.45, 7) is 0.646. The molecule has 2 heterocycles. The van der Waals surface area contributed by atoms with Gasteiger partial charge in [0, 0.05) is 23.0 Å². The lowest BCUT2D eigenvalue weighted by Crippen LogP contribution is -1.98. The van der Waals surface area contributed by atoms with Gasteiger partial charge in [-0.3, -0.25) is 9.48 Å². The van der Waals surface area contributed by atoms with Crippen LogP contribution in [0.4, 0.5) is 0 Å². The Morgan fingerprint density at radius 2 is 2.24 bits per heavy atom. The van der Waals surface area contributed by atoms with Crippen molar-refractivity contribution in [2.45, 2.75) is 6.54 Å². The number of alkyl halides is 1. The van der Waals surface area contributed by atoms with E-state index in [0.29, 0.717) is 23.8 Å². The second-order valence-electron chi connectivity index (χ2n) is 4.57. The van der Waals surface area contributed by atoms with Crippen molar-refractivity contribution >= 4 is 34.4 Å². The molecule has 0 atom stereocenters. The van der Waals surface area contributed by atoms with Crippen LogP contribution in [0, 0.1) is 0 Å². The van der Waals surface area contributed by atoms with Gasteiger partial charge >= 0.3 is 0 Å². The predicted molar refractivity (Wildman–Crippen MR) is 82.5 cm³/mol. The van der Waals surface area contributed by atoms with Crippen LogP contribution in [-0.4, -0.2) is 21.4 Å². The minimum atomic E-state index is -0.170. The van der Waals surface area contributed by atoms with Gasteiger partial charge in [-0.15, -0.1) is 11.6 Å². The average Bonchev–Trinajstić information content (AvgIpc) is 3.11. The first-order chi connectivity index (χ1) is 10.3. The van der Waals surface area contributed by atoms with Crippen molar-refractivity contribution in [3.63, 3.8) is 0 Å². The molecule has 0 bridgehead atoms. The maximum atomic E-state index is 12.1. The Bertz CT molecular complexity index is 768. The summed E-state index contributed by atoms with van der Waals surface area (Å²) >= 11 is 5.65. The van der Waals surface area contributed by atoms with Crippen LogP contribution < -0.4 is 0 Å². The number of ketones is 1. The number of allylic oxidation sites excluding steroid dienone is 1. The molecule has 2 aromatic heterocycles. The van der Waals surface area contributed by atoms with Gasteiger partial charge in [0.2, 0.25) is 5.78 Å². The Kier molecular flexibility index (Phi) is 3.88. The quantitative estimate of drug-likeness (QED) is 0.409. The fourth-order valence-corrected chi connectivity index (χ4v) is 2.21. The number of hydrogen-bond donors (Lipinski definition) is 0. The Hall–Kier alpha value is -2.33. The molecule has 0 saturated heterocycles. The standard InChI is InChI=1S/C16H13ClN2O2/c17-7-8-19-11-12(10-18-19)5-6-14(20)16-9-13-3-1-2-4-15(13)21-16/h1-6,9-11H,7-8H2. The minimum absolute atomic E-state index is 0.170. The van der Waals surface area contributed by atoms with E-state index in [1.807, 2.05) is 30.5 Å². The van der Waals surface area contributed by atoms with Crippen LogP contribution in [0.15, 0.2) is 53.2 Å². The molecule has 0 unspecified atom stereocenters. The predicted octanol–water partition coefficient (Wildman–Crippen LogP) is 3.76. The number of carbonyl (C=O) groups is 1. The molecule has 0 aliphatic heterocycles. The molecule has 0 spiro atoms. The first-order valence-corrected chi connectivity index (χ1v) is 7.09. The zero-order chi connectivity index (χ0) is 14.7. The highest BCUT2D eigenvalue weighted by molar-refractivity contribution is 6.17. The highest BCUT2D eigenvalue weighted by Crippen LogP contribution is 2.19. The summed E-state index contributed by atoms with van der Waals surface area (Å²) in [5, 5.41) is 5.06. The van der Waals surface area contributed by atoms with Gasteiger partial charge in [0.05, 0.1) is 12.7 Å². The zero-order valence-corrected chi connectivity index (χ0v) is 12.0. The summed E-state index contributed by atoms with van der Waals surface area (Å²) in [6, 6.07) is 9.29. The summed E-state index contributed by atoms with van der Waals surface area (Å²) in [7, 11) is 0. The van der Waals surface area contributed by atoms with Crippen molar-refractivity contribution in [3.8, 4) is 0 Å². The van der Waals surface area contributed by atoms with Crippen LogP contribution in [0.2, 0.25) is 0 Å². The maximum Gasteiger partial charge on any atom is 0.221 e. The number of halogens is 1. The summed E-state index contributed by atoms with van der Waals surface area (Å²) < 4.78 is 7.26. The largest absolute Gasteiger partial charge is 0.453 e. The van der Waals surface area contributed by atoms with E-state index in [9.17, 15) is 4.79 Å². The molecule has 0 aliphatic carbocycles. The first kappa shape index (κ1) is 13.6. The molecule has 0 radical (unpaired) electrons. The van der Waals surface area contributed by atoms with E-state index in [1.54, 1.807) is 23.0 Å². The number of furan rings is 1. The Labute approximate surface area is 126 Å². The second-order valence-corrected chi connectivity index (χ2v) is 4.95. The molecule has 1 aromatic carbocycles. The minimum Gasteiger partial charge on any atom is -0.453 e. The maximum absolute atomic E-state index is 12.1. The van der Waals surface area contributed by atoms with Crippen molar-refractivity contribution in [1.82, 2.24) is 9.78 Å². The van der Waals surface area contributed by atoms with Crippen molar-refractivity contribution in [3.05, 3.63) is 60.1 Å². The summed E-state index contributed by atoms with van der Waals surface area (Å²) in [6.07, 6.45) is 6.73. The molecule has 3 aromatic rings. The van der Waals surface area contributed by atoms with Crippen LogP contribution >= 0.6 is 11.6 Å². The lowest BCUT2D eigenvalue weighted by Gasteiger charge is -1.92. The van der Waals surface area contributed by atoms with E-state index < -0.39 is 0 Å². The SMILES string of the molecule is O=C(C=Cc1cnn(CCCl)c1)c1cc2ccccc2o1. The Morgan fingerprint density at radius 1 is 1.38 bits per heavy atom. The number of carbonyl (C=O) groups excluding carboxylic acids is 1. The van der Waals surface area contributed by atoms with E-state index in [-0.39, 0.29) is 5.78 Å². The molecule has 0 saturated carbocycles. The number of nitrogens with zero attached hydrogens (tertiary/aromatic N) is 2. The van der Waals surface area contributed by atoms with Crippen LogP contribution in [0.5, 0.6) is 0 Å². The summed E-state index contributed by atoms with van der Waals surface area (Å²) in [5.74, 6) is 0.667. The number of benzene rings is 1. The molecule has 106 valence electrons. The highest BCUT2D eigenvalue weighted by atomic mass is 35.5. The van der Waals surface area contributed by atoms with Gasteiger partial charge in [-0.05, 0) is 24.3 Å². The van der Waals surface area contributed by atoms with Gasteiger partial charge in [0.15, 0.2) is 5.76 Å². The molecule has 5 heteroatoms. The molecular weight excluding hydrogens is 288 g/mol. The Morgan fingerprint density at radius 3 is 3.05 bits per heavy atom.